The zero-order valence-electron chi connectivity index (χ0n) is 19.8. The minimum absolute atomic E-state index is 0.0644. The van der Waals surface area contributed by atoms with Crippen LogP contribution in [0, 0.1) is 13.8 Å². The highest BCUT2D eigenvalue weighted by molar-refractivity contribution is 7.91. The monoisotopic (exact) mass is 497 g/mol. The molecule has 3 aromatic rings. The number of aromatic nitrogens is 2. The molecule has 1 saturated heterocycles. The molecule has 0 radical (unpaired) electrons. The van der Waals surface area contributed by atoms with Crippen molar-refractivity contribution < 1.29 is 27.5 Å². The number of hydrogen-bond acceptors (Lipinski definition) is 8. The van der Waals surface area contributed by atoms with Gasteiger partial charge in [-0.1, -0.05) is 12.1 Å². The Kier molecular flexibility index (Phi) is 6.93. The van der Waals surface area contributed by atoms with Crippen molar-refractivity contribution in [2.75, 3.05) is 30.5 Å². The van der Waals surface area contributed by atoms with Gasteiger partial charge in [-0.15, -0.1) is 0 Å². The topological polar surface area (TPSA) is 117 Å². The molecule has 2 aromatic heterocycles. The summed E-state index contributed by atoms with van der Waals surface area (Å²) in [6.07, 6.45) is 2.06. The van der Waals surface area contributed by atoms with Crippen LogP contribution < -0.4 is 10.1 Å². The van der Waals surface area contributed by atoms with E-state index < -0.39 is 22.4 Å². The molecule has 0 saturated carbocycles. The van der Waals surface area contributed by atoms with Crippen LogP contribution in [0.3, 0.4) is 0 Å². The summed E-state index contributed by atoms with van der Waals surface area (Å²) in [6.45, 7) is 3.17. The van der Waals surface area contributed by atoms with Crippen molar-refractivity contribution in [1.82, 2.24) is 9.55 Å². The average Bonchev–Trinajstić information content (AvgIpc) is 3.35. The summed E-state index contributed by atoms with van der Waals surface area (Å²) in [5.41, 5.74) is 2.69. The maximum atomic E-state index is 12.9. The van der Waals surface area contributed by atoms with Gasteiger partial charge < -0.3 is 19.4 Å². The van der Waals surface area contributed by atoms with E-state index in [0.717, 1.165) is 5.69 Å². The van der Waals surface area contributed by atoms with Gasteiger partial charge >= 0.3 is 5.97 Å². The summed E-state index contributed by atoms with van der Waals surface area (Å²) < 4.78 is 36.4. The van der Waals surface area contributed by atoms with Crippen molar-refractivity contribution in [2.45, 2.75) is 26.3 Å². The highest BCUT2D eigenvalue weighted by atomic mass is 32.2. The number of hydrogen-bond donors (Lipinski definition) is 1. The van der Waals surface area contributed by atoms with Crippen molar-refractivity contribution in [2.24, 2.45) is 0 Å². The summed E-state index contributed by atoms with van der Waals surface area (Å²) in [6, 6.07) is 11.9. The summed E-state index contributed by atoms with van der Waals surface area (Å²) in [5, 5.41) is 3.08. The van der Waals surface area contributed by atoms with E-state index in [0.29, 0.717) is 29.1 Å². The van der Waals surface area contributed by atoms with Crippen molar-refractivity contribution in [3.63, 3.8) is 0 Å². The van der Waals surface area contributed by atoms with Gasteiger partial charge in [0.05, 0.1) is 24.3 Å². The van der Waals surface area contributed by atoms with Crippen molar-refractivity contribution in [3.8, 4) is 5.75 Å². The number of nitrogens with zero attached hydrogens (tertiary/aromatic N) is 2. The smallest absolute Gasteiger partial charge is 0.342 e. The van der Waals surface area contributed by atoms with E-state index in [9.17, 15) is 18.0 Å². The van der Waals surface area contributed by atoms with Gasteiger partial charge in [0.2, 0.25) is 5.78 Å². The number of nitrogens with one attached hydrogen (secondary N) is 1. The van der Waals surface area contributed by atoms with Crippen molar-refractivity contribution >= 4 is 33.1 Å². The second-order valence-corrected chi connectivity index (χ2v) is 10.7. The highest BCUT2D eigenvalue weighted by Crippen LogP contribution is 2.30. The zero-order chi connectivity index (χ0) is 25.2. The minimum Gasteiger partial charge on any atom is -0.495 e. The number of ether oxygens (including phenoxy) is 2. The van der Waals surface area contributed by atoms with E-state index in [-0.39, 0.29) is 34.7 Å². The van der Waals surface area contributed by atoms with Crippen LogP contribution in [0.5, 0.6) is 5.75 Å². The minimum atomic E-state index is -3.07. The zero-order valence-corrected chi connectivity index (χ0v) is 20.6. The molecule has 1 aliphatic heterocycles. The van der Waals surface area contributed by atoms with E-state index in [1.165, 1.54) is 6.20 Å². The molecule has 0 amide bonds. The Labute approximate surface area is 204 Å². The lowest BCUT2D eigenvalue weighted by atomic mass is 10.1. The first-order chi connectivity index (χ1) is 16.7. The van der Waals surface area contributed by atoms with Gasteiger partial charge in [0, 0.05) is 29.2 Å². The number of benzene rings is 1. The third-order valence-electron chi connectivity index (χ3n) is 6.08. The number of methoxy groups -OCH3 is 1. The van der Waals surface area contributed by atoms with E-state index in [4.69, 9.17) is 9.47 Å². The molecule has 0 unspecified atom stereocenters. The standard InChI is InChI=1S/C25H27N3O6S/c1-16-13-20(17(2)28(16)18-10-12-35(31,32)15-18)22(29)14-34-25(30)19-7-6-11-26-24(19)27-21-8-4-5-9-23(21)33-3/h4-9,11,13,18H,10,12,14-15H2,1-3H3,(H,26,27)/t18-/m0/s1. The predicted octanol–water partition coefficient (Wildman–Crippen LogP) is 3.65. The molecule has 184 valence electrons. The van der Waals surface area contributed by atoms with Gasteiger partial charge in [0.1, 0.15) is 17.1 Å². The van der Waals surface area contributed by atoms with Gasteiger partial charge in [-0.25, -0.2) is 18.2 Å². The number of anilines is 2. The normalized spacial score (nSPS) is 16.6. The number of aryl methyl sites for hydroxylation is 1. The SMILES string of the molecule is COc1ccccc1Nc1ncccc1C(=O)OCC(=O)c1cc(C)n([C@H]2CCS(=O)(=O)C2)c1C. The third-order valence-corrected chi connectivity index (χ3v) is 7.83. The lowest BCUT2D eigenvalue weighted by Crippen LogP contribution is -2.17. The second kappa shape index (κ2) is 9.91. The van der Waals surface area contributed by atoms with Crippen molar-refractivity contribution in [3.05, 3.63) is 71.2 Å². The van der Waals surface area contributed by atoms with E-state index in [1.807, 2.05) is 23.6 Å². The molecule has 0 aliphatic carbocycles. The Balaban J connectivity index is 1.47. The van der Waals surface area contributed by atoms with Gasteiger partial charge in [0.15, 0.2) is 16.4 Å². The van der Waals surface area contributed by atoms with Crippen molar-refractivity contribution in [1.29, 1.82) is 0 Å². The second-order valence-electron chi connectivity index (χ2n) is 8.44. The first-order valence-electron chi connectivity index (χ1n) is 11.1. The number of pyridine rings is 1. The fourth-order valence-corrected chi connectivity index (χ4v) is 6.13. The molecule has 1 atom stereocenters. The Morgan fingerprint density at radius 3 is 2.63 bits per heavy atom. The fourth-order valence-electron chi connectivity index (χ4n) is 4.43. The van der Waals surface area contributed by atoms with Crippen LogP contribution in [0.25, 0.3) is 0 Å². The van der Waals surface area contributed by atoms with E-state index in [1.54, 1.807) is 44.4 Å². The number of esters is 1. The summed E-state index contributed by atoms with van der Waals surface area (Å²) in [5.74, 6) is 0.00958. The van der Waals surface area contributed by atoms with Crippen LogP contribution >= 0.6 is 0 Å². The van der Waals surface area contributed by atoms with Crippen LogP contribution in [0.1, 0.15) is 44.6 Å². The van der Waals surface area contributed by atoms with Crippen LogP contribution in [0.4, 0.5) is 11.5 Å². The molecule has 35 heavy (non-hydrogen) atoms. The maximum absolute atomic E-state index is 12.9. The molecule has 3 heterocycles. The molecule has 1 aromatic carbocycles. The van der Waals surface area contributed by atoms with Crippen LogP contribution in [-0.2, 0) is 14.6 Å². The highest BCUT2D eigenvalue weighted by Gasteiger charge is 2.32. The molecule has 1 aliphatic rings. The lowest BCUT2D eigenvalue weighted by molar-refractivity contribution is 0.0475. The Morgan fingerprint density at radius 2 is 1.91 bits per heavy atom. The molecular formula is C25H27N3O6S. The number of carbonyl (C=O) groups excluding carboxylic acids is 2. The first kappa shape index (κ1) is 24.5. The van der Waals surface area contributed by atoms with Gasteiger partial charge in [0.25, 0.3) is 0 Å². The number of carbonyl (C=O) groups is 2. The number of para-hydroxylation sites is 2. The van der Waals surface area contributed by atoms with Gasteiger partial charge in [-0.3, -0.25) is 4.79 Å². The molecule has 1 N–H and O–H groups in total. The van der Waals surface area contributed by atoms with Crippen LogP contribution in [-0.4, -0.2) is 54.9 Å². The molecule has 10 heteroatoms. The van der Waals surface area contributed by atoms with Crippen LogP contribution in [0.15, 0.2) is 48.7 Å². The molecular weight excluding hydrogens is 470 g/mol. The molecule has 4 rings (SSSR count). The molecule has 1 fully saturated rings. The number of Topliss-reactive ketones (excluding diaryl/α,β-unsaturated/α-hetero) is 1. The average molecular weight is 498 g/mol. The maximum Gasteiger partial charge on any atom is 0.342 e. The molecule has 0 spiro atoms. The predicted molar refractivity (Wildman–Crippen MR) is 131 cm³/mol. The lowest BCUT2D eigenvalue weighted by Gasteiger charge is -2.16. The van der Waals surface area contributed by atoms with E-state index in [2.05, 4.69) is 10.3 Å². The van der Waals surface area contributed by atoms with Crippen LogP contribution in [0.2, 0.25) is 0 Å². The Hall–Kier alpha value is -3.66. The quantitative estimate of drug-likeness (QED) is 0.370. The van der Waals surface area contributed by atoms with Gasteiger partial charge in [-0.05, 0) is 50.6 Å². The number of sulfone groups is 1. The van der Waals surface area contributed by atoms with Gasteiger partial charge in [-0.2, -0.15) is 0 Å². The third kappa shape index (κ3) is 5.22. The molecule has 9 nitrogen and oxygen atoms in total. The number of rotatable bonds is 8. The summed E-state index contributed by atoms with van der Waals surface area (Å²) in [7, 11) is -1.52. The first-order valence-corrected chi connectivity index (χ1v) is 13.0. The largest absolute Gasteiger partial charge is 0.495 e. The summed E-state index contributed by atoms with van der Waals surface area (Å²) >= 11 is 0. The Morgan fingerprint density at radius 1 is 1.14 bits per heavy atom. The Bertz CT molecular complexity index is 1380. The van der Waals surface area contributed by atoms with E-state index >= 15 is 0 Å². The number of ketones is 1. The summed E-state index contributed by atoms with van der Waals surface area (Å²) in [4.78, 5) is 30.0. The molecule has 0 bridgehead atoms. The fraction of sp³-hybridized carbons (Fsp3) is 0.320.